The van der Waals surface area contributed by atoms with E-state index >= 15 is 0 Å². The van der Waals surface area contributed by atoms with Gasteiger partial charge in [-0.05, 0) is 43.4 Å². The van der Waals surface area contributed by atoms with Gasteiger partial charge in [0, 0.05) is 11.6 Å². The maximum atomic E-state index is 12.4. The van der Waals surface area contributed by atoms with E-state index in [9.17, 15) is 14.4 Å². The first-order chi connectivity index (χ1) is 13.8. The monoisotopic (exact) mass is 404 g/mol. The first-order valence-electron chi connectivity index (χ1n) is 10.0. The minimum absolute atomic E-state index is 0.0955. The summed E-state index contributed by atoms with van der Waals surface area (Å²) in [5.74, 6) is 0.565. The molecule has 1 fully saturated rings. The average Bonchev–Trinajstić information content (AvgIpc) is 3.17. The standard InChI is InChI=1S/C21H28N2O6/c1-12-5-4-6-16(13(12)2)23-20(25)14(3)29-19(24)10-22-21(26)15-7-8-17-18(9-15)28-11-27-17/h7-9,12-14,16H,4-6,10-11H2,1-3H3,(H,22,26)(H,23,25)/t12-,13+,14+,16-/m0/s1. The van der Waals surface area contributed by atoms with Gasteiger partial charge in [0.05, 0.1) is 0 Å². The van der Waals surface area contributed by atoms with E-state index in [2.05, 4.69) is 24.5 Å². The van der Waals surface area contributed by atoms with Crippen LogP contribution in [0.1, 0.15) is 50.4 Å². The summed E-state index contributed by atoms with van der Waals surface area (Å²) in [5, 5.41) is 5.48. The Morgan fingerprint density at radius 2 is 1.93 bits per heavy atom. The van der Waals surface area contributed by atoms with Crippen molar-refractivity contribution in [3.8, 4) is 11.5 Å². The van der Waals surface area contributed by atoms with Crippen LogP contribution in [0.25, 0.3) is 0 Å². The van der Waals surface area contributed by atoms with Crippen molar-refractivity contribution in [3.63, 3.8) is 0 Å². The topological polar surface area (TPSA) is 103 Å². The SMILES string of the molecule is C[C@H]1[C@@H](NC(=O)[C@@H](C)OC(=O)CNC(=O)c2ccc3c(c2)OCO3)CCC[C@@H]1C. The summed E-state index contributed by atoms with van der Waals surface area (Å²) in [5.41, 5.74) is 0.341. The summed E-state index contributed by atoms with van der Waals surface area (Å²) < 4.78 is 15.6. The van der Waals surface area contributed by atoms with Crippen molar-refractivity contribution < 1.29 is 28.6 Å². The summed E-state index contributed by atoms with van der Waals surface area (Å²) in [6.45, 7) is 5.64. The van der Waals surface area contributed by atoms with Gasteiger partial charge in [0.2, 0.25) is 6.79 Å². The van der Waals surface area contributed by atoms with E-state index < -0.39 is 18.0 Å². The molecule has 0 saturated heterocycles. The Morgan fingerprint density at radius 3 is 2.72 bits per heavy atom. The Balaban J connectivity index is 1.43. The third-order valence-corrected chi connectivity index (χ3v) is 5.74. The van der Waals surface area contributed by atoms with Crippen LogP contribution in [0.3, 0.4) is 0 Å². The Bertz CT molecular complexity index is 780. The Hall–Kier alpha value is -2.77. The van der Waals surface area contributed by atoms with Gasteiger partial charge >= 0.3 is 5.97 Å². The molecule has 1 saturated carbocycles. The van der Waals surface area contributed by atoms with Gasteiger partial charge in [-0.2, -0.15) is 0 Å². The molecule has 2 aliphatic rings. The molecule has 0 aromatic heterocycles. The first-order valence-corrected chi connectivity index (χ1v) is 10.0. The number of rotatable bonds is 6. The van der Waals surface area contributed by atoms with Crippen LogP contribution in [-0.4, -0.2) is 43.3 Å². The van der Waals surface area contributed by atoms with Crippen molar-refractivity contribution in [2.24, 2.45) is 11.8 Å². The second kappa shape index (κ2) is 9.15. The quantitative estimate of drug-likeness (QED) is 0.703. The van der Waals surface area contributed by atoms with Crippen LogP contribution in [-0.2, 0) is 14.3 Å². The van der Waals surface area contributed by atoms with Crippen molar-refractivity contribution in [1.82, 2.24) is 10.6 Å². The van der Waals surface area contributed by atoms with Crippen molar-refractivity contribution in [3.05, 3.63) is 23.8 Å². The molecule has 1 aliphatic heterocycles. The Kier molecular flexibility index (Phi) is 6.61. The molecule has 3 rings (SSSR count). The molecular weight excluding hydrogens is 376 g/mol. The number of carbonyl (C=O) groups is 3. The minimum atomic E-state index is -0.922. The molecule has 8 nitrogen and oxygen atoms in total. The number of hydrogen-bond donors (Lipinski definition) is 2. The lowest BCUT2D eigenvalue weighted by Crippen LogP contribution is -2.48. The van der Waals surface area contributed by atoms with E-state index in [1.165, 1.54) is 13.3 Å². The second-order valence-electron chi connectivity index (χ2n) is 7.77. The molecule has 0 unspecified atom stereocenters. The van der Waals surface area contributed by atoms with Crippen LogP contribution in [0, 0.1) is 11.8 Å². The molecule has 29 heavy (non-hydrogen) atoms. The van der Waals surface area contributed by atoms with Gasteiger partial charge in [-0.1, -0.05) is 26.7 Å². The van der Waals surface area contributed by atoms with Crippen molar-refractivity contribution >= 4 is 17.8 Å². The molecule has 4 atom stereocenters. The van der Waals surface area contributed by atoms with Gasteiger partial charge in [0.1, 0.15) is 6.54 Å². The summed E-state index contributed by atoms with van der Waals surface area (Å²) in [6, 6.07) is 4.86. The molecule has 2 amide bonds. The van der Waals surface area contributed by atoms with Crippen LogP contribution in [0.5, 0.6) is 11.5 Å². The van der Waals surface area contributed by atoms with Crippen molar-refractivity contribution in [2.45, 2.75) is 52.2 Å². The third kappa shape index (κ3) is 5.19. The predicted octanol–water partition coefficient (Wildman–Crippen LogP) is 2.02. The molecule has 0 spiro atoms. The smallest absolute Gasteiger partial charge is 0.326 e. The molecule has 0 radical (unpaired) electrons. The number of amides is 2. The summed E-state index contributed by atoms with van der Waals surface area (Å²) in [4.78, 5) is 36.6. The van der Waals surface area contributed by atoms with Crippen LogP contribution in [0.15, 0.2) is 18.2 Å². The lowest BCUT2D eigenvalue weighted by atomic mass is 9.78. The van der Waals surface area contributed by atoms with Gasteiger partial charge in [0.25, 0.3) is 11.8 Å². The van der Waals surface area contributed by atoms with E-state index in [0.717, 1.165) is 12.8 Å². The first kappa shape index (κ1) is 21.0. The molecular formula is C21H28N2O6. The molecule has 1 aliphatic carbocycles. The molecule has 1 aromatic carbocycles. The number of fused-ring (bicyclic) bond motifs is 1. The molecule has 2 N–H and O–H groups in total. The summed E-state index contributed by atoms with van der Waals surface area (Å²) >= 11 is 0. The number of benzene rings is 1. The van der Waals surface area contributed by atoms with Gasteiger partial charge < -0.3 is 24.8 Å². The largest absolute Gasteiger partial charge is 0.454 e. The fourth-order valence-electron chi connectivity index (χ4n) is 3.67. The van der Waals surface area contributed by atoms with Crippen LogP contribution < -0.4 is 20.1 Å². The third-order valence-electron chi connectivity index (χ3n) is 5.74. The van der Waals surface area contributed by atoms with Crippen molar-refractivity contribution in [1.29, 1.82) is 0 Å². The number of esters is 1. The normalized spacial score (nSPS) is 23.8. The highest BCUT2D eigenvalue weighted by Crippen LogP contribution is 2.32. The van der Waals surface area contributed by atoms with Gasteiger partial charge in [-0.25, -0.2) is 0 Å². The number of hydrogen-bond acceptors (Lipinski definition) is 6. The molecule has 1 heterocycles. The molecule has 158 valence electrons. The number of nitrogens with one attached hydrogen (secondary N) is 2. The van der Waals surface area contributed by atoms with Crippen LogP contribution >= 0.6 is 0 Å². The highest BCUT2D eigenvalue weighted by atomic mass is 16.7. The van der Waals surface area contributed by atoms with E-state index in [0.29, 0.717) is 28.9 Å². The zero-order chi connectivity index (χ0) is 21.0. The van der Waals surface area contributed by atoms with Crippen molar-refractivity contribution in [2.75, 3.05) is 13.3 Å². The van der Waals surface area contributed by atoms with E-state index in [1.807, 2.05) is 0 Å². The maximum absolute atomic E-state index is 12.4. The zero-order valence-electron chi connectivity index (χ0n) is 17.0. The molecule has 0 bridgehead atoms. The highest BCUT2D eigenvalue weighted by molar-refractivity contribution is 5.96. The van der Waals surface area contributed by atoms with Gasteiger partial charge in [-0.15, -0.1) is 0 Å². The Morgan fingerprint density at radius 1 is 1.17 bits per heavy atom. The second-order valence-corrected chi connectivity index (χ2v) is 7.77. The zero-order valence-corrected chi connectivity index (χ0v) is 17.0. The summed E-state index contributed by atoms with van der Waals surface area (Å²) in [6.07, 6.45) is 2.26. The lowest BCUT2D eigenvalue weighted by Gasteiger charge is -2.35. The van der Waals surface area contributed by atoms with E-state index in [-0.39, 0.29) is 25.3 Å². The molecule has 8 heteroatoms. The number of ether oxygens (including phenoxy) is 3. The van der Waals surface area contributed by atoms with E-state index in [4.69, 9.17) is 14.2 Å². The van der Waals surface area contributed by atoms with E-state index in [1.54, 1.807) is 18.2 Å². The number of carbonyl (C=O) groups excluding carboxylic acids is 3. The fourth-order valence-corrected chi connectivity index (χ4v) is 3.67. The molecule has 1 aromatic rings. The van der Waals surface area contributed by atoms with Gasteiger partial charge in [-0.3, -0.25) is 14.4 Å². The predicted molar refractivity (Wildman–Crippen MR) is 105 cm³/mol. The van der Waals surface area contributed by atoms with Crippen LogP contribution in [0.4, 0.5) is 0 Å². The highest BCUT2D eigenvalue weighted by Gasteiger charge is 2.30. The van der Waals surface area contributed by atoms with Crippen LogP contribution in [0.2, 0.25) is 0 Å². The van der Waals surface area contributed by atoms with Gasteiger partial charge in [0.15, 0.2) is 17.6 Å². The lowest BCUT2D eigenvalue weighted by molar-refractivity contribution is -0.154. The average molecular weight is 404 g/mol. The Labute approximate surface area is 170 Å². The summed E-state index contributed by atoms with van der Waals surface area (Å²) in [7, 11) is 0. The minimum Gasteiger partial charge on any atom is -0.454 e. The maximum Gasteiger partial charge on any atom is 0.326 e. The fraction of sp³-hybridized carbons (Fsp3) is 0.571.